The van der Waals surface area contributed by atoms with Crippen molar-refractivity contribution in [2.75, 3.05) is 19.6 Å². The summed E-state index contributed by atoms with van der Waals surface area (Å²) in [6, 6.07) is 3.46. The zero-order chi connectivity index (χ0) is 13.7. The molecule has 6 nitrogen and oxygen atoms in total. The molecule has 0 spiro atoms. The predicted molar refractivity (Wildman–Crippen MR) is 81.7 cm³/mol. The minimum atomic E-state index is -3.49. The van der Waals surface area contributed by atoms with E-state index in [9.17, 15) is 8.42 Å². The Bertz CT molecular complexity index is 642. The van der Waals surface area contributed by atoms with Crippen molar-refractivity contribution in [3.8, 4) is 0 Å². The van der Waals surface area contributed by atoms with Gasteiger partial charge in [-0.05, 0) is 25.1 Å². The molecule has 0 amide bonds. The normalized spacial score (nSPS) is 11.4. The molecule has 0 unspecified atom stereocenters. The first-order valence-corrected chi connectivity index (χ1v) is 7.76. The minimum absolute atomic E-state index is 0. The number of nitrogens with one attached hydrogen (secondary N) is 3. The smallest absolute Gasteiger partial charge is 0.242 e. The fraction of sp³-hybridized carbons (Fsp3) is 0.417. The summed E-state index contributed by atoms with van der Waals surface area (Å²) in [7, 11) is -3.49. The number of nitrogens with zero attached hydrogens (tertiary/aromatic N) is 1. The number of aromatic nitrogens is 2. The Kier molecular flexibility index (Phi) is 6.41. The van der Waals surface area contributed by atoms with E-state index >= 15 is 0 Å². The predicted octanol–water partition coefficient (Wildman–Crippen LogP) is 1.26. The number of hydrogen-bond acceptors (Lipinski definition) is 4. The molecule has 112 valence electrons. The summed E-state index contributed by atoms with van der Waals surface area (Å²) in [5.41, 5.74) is 0.576. The van der Waals surface area contributed by atoms with E-state index in [4.69, 9.17) is 0 Å². The van der Waals surface area contributed by atoms with Gasteiger partial charge in [-0.2, -0.15) is 0 Å². The second-order valence-corrected chi connectivity index (χ2v) is 5.94. The molecule has 0 aliphatic rings. The molecule has 3 N–H and O–H groups in total. The van der Waals surface area contributed by atoms with Crippen LogP contribution in [0.5, 0.6) is 0 Å². The Morgan fingerprint density at radius 2 is 2.10 bits per heavy atom. The Morgan fingerprint density at radius 1 is 1.30 bits per heavy atom. The standard InChI is InChI=1S/C12H18N4O2S.ClH/c1-2-5-13-7-8-16-19(17,18)11-9-15-12-10(11)4-3-6-14-12;/h3-4,6,9,13,16H,2,5,7-8H2,1H3,(H,14,15);1H. The highest BCUT2D eigenvalue weighted by Crippen LogP contribution is 2.20. The molecule has 0 saturated carbocycles. The van der Waals surface area contributed by atoms with Crippen LogP contribution in [-0.4, -0.2) is 38.0 Å². The van der Waals surface area contributed by atoms with Gasteiger partial charge in [0, 0.05) is 30.9 Å². The fourth-order valence-electron chi connectivity index (χ4n) is 1.81. The van der Waals surface area contributed by atoms with Gasteiger partial charge in [0.15, 0.2) is 0 Å². The van der Waals surface area contributed by atoms with Crippen LogP contribution in [0.25, 0.3) is 11.0 Å². The SMILES string of the molecule is CCCNCCNS(=O)(=O)c1c[nH]c2ncccc12.Cl. The van der Waals surface area contributed by atoms with Crippen LogP contribution >= 0.6 is 12.4 Å². The van der Waals surface area contributed by atoms with E-state index in [0.29, 0.717) is 24.1 Å². The van der Waals surface area contributed by atoms with Crippen LogP contribution in [0.2, 0.25) is 0 Å². The molecule has 0 aliphatic carbocycles. The van der Waals surface area contributed by atoms with E-state index in [1.54, 1.807) is 18.3 Å². The van der Waals surface area contributed by atoms with E-state index in [0.717, 1.165) is 13.0 Å². The zero-order valence-corrected chi connectivity index (χ0v) is 12.9. The summed E-state index contributed by atoms with van der Waals surface area (Å²) in [5, 5.41) is 3.75. The van der Waals surface area contributed by atoms with Gasteiger partial charge in [-0.25, -0.2) is 18.1 Å². The highest BCUT2D eigenvalue weighted by molar-refractivity contribution is 7.89. The lowest BCUT2D eigenvalue weighted by Gasteiger charge is -2.06. The second kappa shape index (κ2) is 7.58. The third-order valence-electron chi connectivity index (χ3n) is 2.72. The minimum Gasteiger partial charge on any atom is -0.345 e. The van der Waals surface area contributed by atoms with Gasteiger partial charge in [0.2, 0.25) is 10.0 Å². The summed E-state index contributed by atoms with van der Waals surface area (Å²) in [5.74, 6) is 0. The van der Waals surface area contributed by atoms with Crippen LogP contribution in [0.3, 0.4) is 0 Å². The molecule has 2 rings (SSSR count). The maximum absolute atomic E-state index is 12.2. The Morgan fingerprint density at radius 3 is 2.85 bits per heavy atom. The Balaban J connectivity index is 0.00000200. The summed E-state index contributed by atoms with van der Waals surface area (Å²) in [6.07, 6.45) is 4.12. The van der Waals surface area contributed by atoms with Gasteiger partial charge < -0.3 is 10.3 Å². The molecule has 20 heavy (non-hydrogen) atoms. The van der Waals surface area contributed by atoms with E-state index in [2.05, 4.69) is 26.9 Å². The molecule has 0 aromatic carbocycles. The molecule has 2 heterocycles. The van der Waals surface area contributed by atoms with Gasteiger partial charge in [0.1, 0.15) is 10.5 Å². The van der Waals surface area contributed by atoms with Crippen LogP contribution < -0.4 is 10.0 Å². The Hall–Kier alpha value is -1.15. The third-order valence-corrected chi connectivity index (χ3v) is 4.22. The van der Waals surface area contributed by atoms with Crippen molar-refractivity contribution >= 4 is 33.5 Å². The average molecular weight is 319 g/mol. The monoisotopic (exact) mass is 318 g/mol. The molecular weight excluding hydrogens is 300 g/mol. The highest BCUT2D eigenvalue weighted by Gasteiger charge is 2.18. The van der Waals surface area contributed by atoms with Crippen molar-refractivity contribution in [2.45, 2.75) is 18.2 Å². The van der Waals surface area contributed by atoms with Gasteiger partial charge in [0.05, 0.1) is 0 Å². The summed E-state index contributed by atoms with van der Waals surface area (Å²) in [4.78, 5) is 7.18. The third kappa shape index (κ3) is 3.92. The highest BCUT2D eigenvalue weighted by atomic mass is 35.5. The molecule has 0 saturated heterocycles. The van der Waals surface area contributed by atoms with Crippen LogP contribution in [0.1, 0.15) is 13.3 Å². The van der Waals surface area contributed by atoms with Crippen molar-refractivity contribution in [3.63, 3.8) is 0 Å². The number of sulfonamides is 1. The number of fused-ring (bicyclic) bond motifs is 1. The van der Waals surface area contributed by atoms with Gasteiger partial charge in [-0.3, -0.25) is 0 Å². The van der Waals surface area contributed by atoms with Crippen LogP contribution in [0.15, 0.2) is 29.4 Å². The first-order chi connectivity index (χ1) is 9.15. The van der Waals surface area contributed by atoms with Crippen LogP contribution in [-0.2, 0) is 10.0 Å². The zero-order valence-electron chi connectivity index (χ0n) is 11.2. The molecule has 0 aliphatic heterocycles. The number of aromatic amines is 1. The first kappa shape index (κ1) is 16.9. The van der Waals surface area contributed by atoms with Gasteiger partial charge >= 0.3 is 0 Å². The van der Waals surface area contributed by atoms with E-state index in [-0.39, 0.29) is 17.3 Å². The lowest BCUT2D eigenvalue weighted by atomic mass is 10.3. The van der Waals surface area contributed by atoms with Crippen molar-refractivity contribution < 1.29 is 8.42 Å². The molecule has 0 bridgehead atoms. The molecule has 8 heteroatoms. The Labute approximate surface area is 124 Å². The number of halogens is 1. The molecule has 2 aromatic heterocycles. The van der Waals surface area contributed by atoms with Crippen molar-refractivity contribution in [3.05, 3.63) is 24.5 Å². The maximum Gasteiger partial charge on any atom is 0.242 e. The first-order valence-electron chi connectivity index (χ1n) is 6.27. The topological polar surface area (TPSA) is 86.9 Å². The van der Waals surface area contributed by atoms with Crippen molar-refractivity contribution in [1.82, 2.24) is 20.0 Å². The van der Waals surface area contributed by atoms with Crippen LogP contribution in [0.4, 0.5) is 0 Å². The number of H-pyrrole nitrogens is 1. The fourth-order valence-corrected chi connectivity index (χ4v) is 3.00. The van der Waals surface area contributed by atoms with E-state index < -0.39 is 10.0 Å². The number of pyridine rings is 1. The summed E-state index contributed by atoms with van der Waals surface area (Å²) in [6.45, 7) is 3.94. The number of hydrogen-bond donors (Lipinski definition) is 3. The largest absolute Gasteiger partial charge is 0.345 e. The quantitative estimate of drug-likeness (QED) is 0.671. The second-order valence-electron chi connectivity index (χ2n) is 4.20. The lowest BCUT2D eigenvalue weighted by Crippen LogP contribution is -2.32. The van der Waals surface area contributed by atoms with Gasteiger partial charge in [-0.1, -0.05) is 6.92 Å². The van der Waals surface area contributed by atoms with Crippen molar-refractivity contribution in [2.24, 2.45) is 0 Å². The van der Waals surface area contributed by atoms with Gasteiger partial charge in [0.25, 0.3) is 0 Å². The van der Waals surface area contributed by atoms with Gasteiger partial charge in [-0.15, -0.1) is 12.4 Å². The molecule has 0 radical (unpaired) electrons. The van der Waals surface area contributed by atoms with Crippen LogP contribution in [0, 0.1) is 0 Å². The summed E-state index contributed by atoms with van der Waals surface area (Å²) < 4.78 is 26.9. The van der Waals surface area contributed by atoms with E-state index in [1.807, 2.05) is 0 Å². The molecule has 0 fully saturated rings. The number of rotatable bonds is 7. The summed E-state index contributed by atoms with van der Waals surface area (Å²) >= 11 is 0. The lowest BCUT2D eigenvalue weighted by molar-refractivity contribution is 0.576. The molecule has 0 atom stereocenters. The molecule has 2 aromatic rings. The average Bonchev–Trinajstić information content (AvgIpc) is 2.83. The van der Waals surface area contributed by atoms with Crippen molar-refractivity contribution in [1.29, 1.82) is 0 Å². The van der Waals surface area contributed by atoms with E-state index in [1.165, 1.54) is 6.20 Å². The maximum atomic E-state index is 12.2. The molecular formula is C12H19ClN4O2S.